The fourth-order valence-electron chi connectivity index (χ4n) is 7.43. The number of ether oxygens (including phenoxy) is 2. The monoisotopic (exact) mass is 374 g/mol. The molecule has 0 spiro atoms. The van der Waals surface area contributed by atoms with Crippen molar-refractivity contribution in [3.05, 3.63) is 11.6 Å². The van der Waals surface area contributed by atoms with Crippen LogP contribution in [0.4, 0.5) is 4.79 Å². The summed E-state index contributed by atoms with van der Waals surface area (Å²) in [5.41, 5.74) is 1.67. The van der Waals surface area contributed by atoms with Crippen LogP contribution in [0.1, 0.15) is 72.1 Å². The molecule has 0 bridgehead atoms. The van der Waals surface area contributed by atoms with Crippen LogP contribution >= 0.6 is 0 Å². The first-order valence-electron chi connectivity index (χ1n) is 10.8. The number of carbonyl (C=O) groups is 2. The maximum absolute atomic E-state index is 12.1. The van der Waals surface area contributed by atoms with Gasteiger partial charge < -0.3 is 9.47 Å². The lowest BCUT2D eigenvalue weighted by Gasteiger charge is -2.60. The third kappa shape index (κ3) is 2.77. The molecule has 0 saturated heterocycles. The molecule has 0 N–H and O–H groups in total. The molecule has 0 aromatic heterocycles. The van der Waals surface area contributed by atoms with E-state index < -0.39 is 6.16 Å². The van der Waals surface area contributed by atoms with Gasteiger partial charge in [-0.05, 0) is 73.7 Å². The molecular weight excluding hydrogens is 340 g/mol. The fraction of sp³-hybridized carbons (Fsp3) is 0.826. The number of carbonyl (C=O) groups excluding carboxylic acids is 2. The smallest absolute Gasteiger partial charge is 0.438 e. The van der Waals surface area contributed by atoms with Gasteiger partial charge in [0.05, 0.1) is 7.11 Å². The Hall–Kier alpha value is -1.32. The highest BCUT2D eigenvalue weighted by atomic mass is 16.7. The van der Waals surface area contributed by atoms with Gasteiger partial charge in [-0.25, -0.2) is 4.79 Å². The number of hydrogen-bond donors (Lipinski definition) is 0. The summed E-state index contributed by atoms with van der Waals surface area (Å²) >= 11 is 0. The Morgan fingerprint density at radius 1 is 1.19 bits per heavy atom. The van der Waals surface area contributed by atoms with E-state index in [0.29, 0.717) is 35.9 Å². The molecule has 150 valence electrons. The second-order valence-corrected chi connectivity index (χ2v) is 9.90. The van der Waals surface area contributed by atoms with Crippen molar-refractivity contribution in [1.82, 2.24) is 0 Å². The van der Waals surface area contributed by atoms with Crippen LogP contribution in [-0.4, -0.2) is 25.2 Å². The van der Waals surface area contributed by atoms with Crippen LogP contribution in [0.2, 0.25) is 0 Å². The highest BCUT2D eigenvalue weighted by molar-refractivity contribution is 5.91. The Kier molecular flexibility index (Phi) is 4.67. The minimum Gasteiger partial charge on any atom is -0.438 e. The van der Waals surface area contributed by atoms with E-state index >= 15 is 0 Å². The summed E-state index contributed by atoms with van der Waals surface area (Å²) in [5.74, 6) is 2.90. The van der Waals surface area contributed by atoms with Crippen LogP contribution in [-0.2, 0) is 14.3 Å². The SMILES string of the molecule is CCC1CC2=CC(=O)CCC2(C)C2CCC3(C)C(OC(=O)OC)CCC3C12. The largest absolute Gasteiger partial charge is 0.508 e. The van der Waals surface area contributed by atoms with E-state index in [4.69, 9.17) is 9.47 Å². The van der Waals surface area contributed by atoms with Gasteiger partial charge in [-0.1, -0.05) is 32.8 Å². The number of ketones is 1. The molecule has 4 heteroatoms. The van der Waals surface area contributed by atoms with Crippen molar-refractivity contribution in [2.75, 3.05) is 7.11 Å². The first-order valence-corrected chi connectivity index (χ1v) is 10.8. The van der Waals surface area contributed by atoms with Crippen molar-refractivity contribution < 1.29 is 19.1 Å². The quantitative estimate of drug-likeness (QED) is 0.615. The van der Waals surface area contributed by atoms with Crippen LogP contribution in [0, 0.1) is 34.5 Å². The topological polar surface area (TPSA) is 52.6 Å². The summed E-state index contributed by atoms with van der Waals surface area (Å²) < 4.78 is 10.5. The molecule has 0 aromatic carbocycles. The lowest BCUT2D eigenvalue weighted by Crippen LogP contribution is -2.54. The molecule has 4 aliphatic carbocycles. The van der Waals surface area contributed by atoms with E-state index in [9.17, 15) is 9.59 Å². The number of allylic oxidation sites excluding steroid dienone is 1. The highest BCUT2D eigenvalue weighted by Crippen LogP contribution is 2.67. The molecule has 7 atom stereocenters. The van der Waals surface area contributed by atoms with Crippen molar-refractivity contribution in [3.63, 3.8) is 0 Å². The van der Waals surface area contributed by atoms with Crippen molar-refractivity contribution in [2.45, 2.75) is 78.2 Å². The van der Waals surface area contributed by atoms with E-state index in [0.717, 1.165) is 38.5 Å². The van der Waals surface area contributed by atoms with Gasteiger partial charge >= 0.3 is 6.16 Å². The van der Waals surface area contributed by atoms with Gasteiger partial charge in [-0.2, -0.15) is 0 Å². The van der Waals surface area contributed by atoms with Crippen molar-refractivity contribution in [3.8, 4) is 0 Å². The molecular formula is C23H34O4. The van der Waals surface area contributed by atoms with Gasteiger partial charge in [0.25, 0.3) is 0 Å². The van der Waals surface area contributed by atoms with Crippen LogP contribution in [0.15, 0.2) is 11.6 Å². The Bertz CT molecular complexity index is 667. The normalized spacial score (nSPS) is 46.0. The lowest BCUT2D eigenvalue weighted by molar-refractivity contribution is -0.120. The van der Waals surface area contributed by atoms with Crippen molar-refractivity contribution in [2.24, 2.45) is 34.5 Å². The minimum absolute atomic E-state index is 0.0221. The predicted octanol–water partition coefficient (Wildman–Crippen LogP) is 5.31. The Balaban J connectivity index is 1.66. The zero-order chi connectivity index (χ0) is 19.4. The van der Waals surface area contributed by atoms with Crippen LogP contribution < -0.4 is 0 Å². The molecule has 0 amide bonds. The predicted molar refractivity (Wildman–Crippen MR) is 103 cm³/mol. The number of fused-ring (bicyclic) bond motifs is 5. The van der Waals surface area contributed by atoms with E-state index in [1.165, 1.54) is 19.1 Å². The number of hydrogen-bond acceptors (Lipinski definition) is 4. The maximum atomic E-state index is 12.1. The summed E-state index contributed by atoms with van der Waals surface area (Å²) in [4.78, 5) is 23.9. The van der Waals surface area contributed by atoms with Crippen LogP contribution in [0.25, 0.3) is 0 Å². The Labute approximate surface area is 163 Å². The summed E-state index contributed by atoms with van der Waals surface area (Å²) in [6, 6.07) is 0. The van der Waals surface area contributed by atoms with Gasteiger partial charge in [0.15, 0.2) is 5.78 Å². The molecule has 3 saturated carbocycles. The lowest BCUT2D eigenvalue weighted by atomic mass is 9.44. The van der Waals surface area contributed by atoms with Gasteiger partial charge in [0.1, 0.15) is 6.10 Å². The number of rotatable bonds is 2. The summed E-state index contributed by atoms with van der Waals surface area (Å²) in [7, 11) is 1.39. The molecule has 4 aliphatic rings. The van der Waals surface area contributed by atoms with Gasteiger partial charge in [-0.3, -0.25) is 4.79 Å². The van der Waals surface area contributed by atoms with Gasteiger partial charge in [-0.15, -0.1) is 0 Å². The van der Waals surface area contributed by atoms with E-state index in [1.807, 2.05) is 6.08 Å². The third-order valence-electron chi connectivity index (χ3n) is 8.98. The van der Waals surface area contributed by atoms with Crippen LogP contribution in [0.5, 0.6) is 0 Å². The molecule has 0 aliphatic heterocycles. The van der Waals surface area contributed by atoms with Gasteiger partial charge in [0.2, 0.25) is 0 Å². The Morgan fingerprint density at radius 2 is 1.96 bits per heavy atom. The zero-order valence-electron chi connectivity index (χ0n) is 17.3. The average Bonchev–Trinajstić information content (AvgIpc) is 2.98. The molecule has 0 radical (unpaired) electrons. The molecule has 0 heterocycles. The van der Waals surface area contributed by atoms with Crippen LogP contribution in [0.3, 0.4) is 0 Å². The number of methoxy groups -OCH3 is 1. The van der Waals surface area contributed by atoms with Gasteiger partial charge in [0, 0.05) is 11.8 Å². The molecule has 3 fully saturated rings. The fourth-order valence-corrected chi connectivity index (χ4v) is 7.43. The third-order valence-corrected chi connectivity index (χ3v) is 8.98. The summed E-state index contributed by atoms with van der Waals surface area (Å²) in [5, 5.41) is 0. The average molecular weight is 375 g/mol. The van der Waals surface area contributed by atoms with E-state index in [2.05, 4.69) is 20.8 Å². The second-order valence-electron chi connectivity index (χ2n) is 9.90. The van der Waals surface area contributed by atoms with Crippen molar-refractivity contribution >= 4 is 11.9 Å². The second kappa shape index (κ2) is 6.63. The van der Waals surface area contributed by atoms with Crippen molar-refractivity contribution in [1.29, 1.82) is 0 Å². The first kappa shape index (κ1) is 19.0. The Morgan fingerprint density at radius 3 is 2.67 bits per heavy atom. The first-order chi connectivity index (χ1) is 12.8. The summed E-state index contributed by atoms with van der Waals surface area (Å²) in [6.07, 6.45) is 9.77. The minimum atomic E-state index is -0.539. The highest BCUT2D eigenvalue weighted by Gasteiger charge is 2.61. The van der Waals surface area contributed by atoms with E-state index in [1.54, 1.807) is 0 Å². The molecule has 7 unspecified atom stereocenters. The molecule has 27 heavy (non-hydrogen) atoms. The summed E-state index contributed by atoms with van der Waals surface area (Å²) in [6.45, 7) is 7.08. The maximum Gasteiger partial charge on any atom is 0.508 e. The molecule has 4 rings (SSSR count). The standard InChI is InChI=1S/C23H34O4/c1-5-14-12-15-13-16(24)8-10-22(15,2)18-9-11-23(3)17(20(14)18)6-7-19(23)27-21(25)26-4/h13-14,17-20H,5-12H2,1-4H3. The van der Waals surface area contributed by atoms with E-state index in [-0.39, 0.29) is 16.9 Å². The zero-order valence-corrected chi connectivity index (χ0v) is 17.3. The molecule has 4 nitrogen and oxygen atoms in total. The molecule has 0 aromatic rings.